The van der Waals surface area contributed by atoms with Crippen LogP contribution < -0.4 is 10.1 Å². The second-order valence-electron chi connectivity index (χ2n) is 4.53. The number of ether oxygens (including phenoxy) is 1. The smallest absolute Gasteiger partial charge is 0.433 e. The van der Waals surface area contributed by atoms with Crippen molar-refractivity contribution in [3.63, 3.8) is 0 Å². The van der Waals surface area contributed by atoms with Crippen LogP contribution in [0.4, 0.5) is 18.9 Å². The Kier molecular flexibility index (Phi) is 4.84. The summed E-state index contributed by atoms with van der Waals surface area (Å²) in [6.07, 6.45) is -3.84. The Bertz CT molecular complexity index is 729. The van der Waals surface area contributed by atoms with Gasteiger partial charge in [0.1, 0.15) is 0 Å². The van der Waals surface area contributed by atoms with Crippen LogP contribution in [0.25, 0.3) is 0 Å². The molecule has 1 N–H and O–H groups in total. The third-order valence-electron chi connectivity index (χ3n) is 2.96. The Morgan fingerprint density at radius 2 is 2.13 bits per heavy atom. The van der Waals surface area contributed by atoms with E-state index in [1.807, 2.05) is 0 Å². The van der Waals surface area contributed by atoms with Gasteiger partial charge < -0.3 is 10.1 Å². The van der Waals surface area contributed by atoms with Crippen LogP contribution in [0.3, 0.4) is 0 Å². The average Bonchev–Trinajstić information content (AvgIpc) is 2.84. The molecule has 0 atom stereocenters. The van der Waals surface area contributed by atoms with Crippen molar-refractivity contribution in [3.05, 3.63) is 40.7 Å². The predicted molar refractivity (Wildman–Crippen MR) is 78.8 cm³/mol. The van der Waals surface area contributed by atoms with Crippen LogP contribution in [0.1, 0.15) is 23.0 Å². The standard InChI is InChI=1S/C14H13ClF3N3O2/c1-3-23-11-9(15)5-4-6-10(11)20-13(22)8-7-19-21(2)12(8)14(16,17)18/h4-7H,3H2,1-2H3,(H,20,22). The van der Waals surface area contributed by atoms with E-state index in [2.05, 4.69) is 10.4 Å². The van der Waals surface area contributed by atoms with Gasteiger partial charge in [-0.2, -0.15) is 18.3 Å². The molecule has 0 saturated carbocycles. The minimum atomic E-state index is -4.70. The number of halogens is 4. The third-order valence-corrected chi connectivity index (χ3v) is 3.25. The molecule has 0 spiro atoms. The maximum absolute atomic E-state index is 13.0. The maximum atomic E-state index is 13.0. The fourth-order valence-corrected chi connectivity index (χ4v) is 2.26. The molecule has 2 aromatic rings. The molecule has 1 aromatic carbocycles. The molecule has 23 heavy (non-hydrogen) atoms. The highest BCUT2D eigenvalue weighted by molar-refractivity contribution is 6.32. The van der Waals surface area contributed by atoms with Gasteiger partial charge in [-0.15, -0.1) is 0 Å². The molecular formula is C14H13ClF3N3O2. The lowest BCUT2D eigenvalue weighted by atomic mass is 10.2. The number of amides is 1. The second-order valence-corrected chi connectivity index (χ2v) is 4.94. The molecule has 0 saturated heterocycles. The van der Waals surface area contributed by atoms with E-state index in [4.69, 9.17) is 16.3 Å². The fourth-order valence-electron chi connectivity index (χ4n) is 2.03. The second kappa shape index (κ2) is 6.49. The number of hydrogen-bond acceptors (Lipinski definition) is 3. The summed E-state index contributed by atoms with van der Waals surface area (Å²) in [7, 11) is 1.12. The van der Waals surface area contributed by atoms with Crippen LogP contribution in [0.5, 0.6) is 5.75 Å². The molecule has 0 aliphatic heterocycles. The highest BCUT2D eigenvalue weighted by atomic mass is 35.5. The lowest BCUT2D eigenvalue weighted by Gasteiger charge is -2.14. The molecule has 5 nitrogen and oxygen atoms in total. The topological polar surface area (TPSA) is 56.1 Å². The van der Waals surface area contributed by atoms with Gasteiger partial charge in [-0.05, 0) is 19.1 Å². The first-order chi connectivity index (χ1) is 10.8. The number of anilines is 1. The quantitative estimate of drug-likeness (QED) is 0.916. The maximum Gasteiger partial charge on any atom is 0.433 e. The van der Waals surface area contributed by atoms with E-state index in [1.165, 1.54) is 6.07 Å². The van der Waals surface area contributed by atoms with Gasteiger partial charge in [0, 0.05) is 7.05 Å². The molecular weight excluding hydrogens is 335 g/mol. The van der Waals surface area contributed by atoms with Crippen molar-refractivity contribution < 1.29 is 22.7 Å². The van der Waals surface area contributed by atoms with Crippen LogP contribution in [0.2, 0.25) is 5.02 Å². The van der Waals surface area contributed by atoms with Crippen molar-refractivity contribution in [2.24, 2.45) is 7.05 Å². The third kappa shape index (κ3) is 3.58. The van der Waals surface area contributed by atoms with E-state index in [0.29, 0.717) is 4.68 Å². The van der Waals surface area contributed by atoms with Crippen LogP contribution in [-0.4, -0.2) is 22.3 Å². The van der Waals surface area contributed by atoms with Crippen molar-refractivity contribution in [2.75, 3.05) is 11.9 Å². The van der Waals surface area contributed by atoms with E-state index >= 15 is 0 Å². The Morgan fingerprint density at radius 1 is 1.43 bits per heavy atom. The number of rotatable bonds is 4. The highest BCUT2D eigenvalue weighted by Crippen LogP contribution is 2.35. The first-order valence-corrected chi connectivity index (χ1v) is 6.95. The number of aryl methyl sites for hydroxylation is 1. The van der Waals surface area contributed by atoms with Crippen LogP contribution >= 0.6 is 11.6 Å². The lowest BCUT2D eigenvalue weighted by Crippen LogP contribution is -2.20. The normalized spacial score (nSPS) is 11.4. The first-order valence-electron chi connectivity index (χ1n) is 6.57. The highest BCUT2D eigenvalue weighted by Gasteiger charge is 2.39. The Hall–Kier alpha value is -2.22. The largest absolute Gasteiger partial charge is 0.490 e. The predicted octanol–water partition coefficient (Wildman–Crippen LogP) is 3.74. The number of alkyl halides is 3. The summed E-state index contributed by atoms with van der Waals surface area (Å²) < 4.78 is 45.0. The lowest BCUT2D eigenvalue weighted by molar-refractivity contribution is -0.144. The molecule has 1 aromatic heterocycles. The van der Waals surface area contributed by atoms with Gasteiger partial charge in [-0.25, -0.2) is 0 Å². The molecule has 9 heteroatoms. The van der Waals surface area contributed by atoms with Crippen molar-refractivity contribution in [1.29, 1.82) is 0 Å². The van der Waals surface area contributed by atoms with E-state index in [-0.39, 0.29) is 23.1 Å². The van der Waals surface area contributed by atoms with Crippen molar-refractivity contribution >= 4 is 23.2 Å². The monoisotopic (exact) mass is 347 g/mol. The average molecular weight is 348 g/mol. The van der Waals surface area contributed by atoms with Gasteiger partial charge in [0.05, 0.1) is 29.1 Å². The summed E-state index contributed by atoms with van der Waals surface area (Å²) in [4.78, 5) is 12.2. The first kappa shape index (κ1) is 17.1. The summed E-state index contributed by atoms with van der Waals surface area (Å²) >= 11 is 5.97. The van der Waals surface area contributed by atoms with Gasteiger partial charge in [0.25, 0.3) is 5.91 Å². The fraction of sp³-hybridized carbons (Fsp3) is 0.286. The van der Waals surface area contributed by atoms with Crippen LogP contribution in [0, 0.1) is 0 Å². The van der Waals surface area contributed by atoms with Crippen LogP contribution in [0.15, 0.2) is 24.4 Å². The van der Waals surface area contributed by atoms with Gasteiger partial charge in [-0.3, -0.25) is 9.48 Å². The van der Waals surface area contributed by atoms with E-state index in [1.54, 1.807) is 19.1 Å². The Balaban J connectivity index is 2.36. The molecule has 1 heterocycles. The molecule has 0 bridgehead atoms. The summed E-state index contributed by atoms with van der Waals surface area (Å²) in [6.45, 7) is 2.01. The van der Waals surface area contributed by atoms with Gasteiger partial charge in [0.15, 0.2) is 11.4 Å². The molecule has 0 aliphatic rings. The number of benzene rings is 1. The molecule has 2 rings (SSSR count). The summed E-state index contributed by atoms with van der Waals surface area (Å²) in [5.41, 5.74) is -1.53. The number of nitrogens with zero attached hydrogens (tertiary/aromatic N) is 2. The van der Waals surface area contributed by atoms with Gasteiger partial charge in [0.2, 0.25) is 0 Å². The summed E-state index contributed by atoms with van der Waals surface area (Å²) in [5, 5.41) is 6.12. The van der Waals surface area contributed by atoms with Crippen LogP contribution in [-0.2, 0) is 13.2 Å². The minimum Gasteiger partial charge on any atom is -0.490 e. The molecule has 0 radical (unpaired) electrons. The van der Waals surface area contributed by atoms with E-state index < -0.39 is 23.3 Å². The van der Waals surface area contributed by atoms with E-state index in [0.717, 1.165) is 13.2 Å². The van der Waals surface area contributed by atoms with Crippen molar-refractivity contribution in [1.82, 2.24) is 9.78 Å². The molecule has 124 valence electrons. The Morgan fingerprint density at radius 3 is 2.74 bits per heavy atom. The van der Waals surface area contributed by atoms with Crippen molar-refractivity contribution in [3.8, 4) is 5.75 Å². The zero-order valence-electron chi connectivity index (χ0n) is 12.2. The van der Waals surface area contributed by atoms with Gasteiger partial charge in [-0.1, -0.05) is 17.7 Å². The number of para-hydroxylation sites is 1. The number of carbonyl (C=O) groups is 1. The summed E-state index contributed by atoms with van der Waals surface area (Å²) in [6, 6.07) is 4.58. The zero-order chi connectivity index (χ0) is 17.2. The molecule has 0 aliphatic carbocycles. The Labute approximate surface area is 135 Å². The van der Waals surface area contributed by atoms with Crippen molar-refractivity contribution in [2.45, 2.75) is 13.1 Å². The SMILES string of the molecule is CCOc1c(Cl)cccc1NC(=O)c1cnn(C)c1C(F)(F)F. The van der Waals surface area contributed by atoms with E-state index in [9.17, 15) is 18.0 Å². The summed E-state index contributed by atoms with van der Waals surface area (Å²) in [5.74, 6) is -0.754. The molecule has 0 fully saturated rings. The zero-order valence-corrected chi connectivity index (χ0v) is 13.0. The molecule has 1 amide bonds. The number of nitrogens with one attached hydrogen (secondary N) is 1. The molecule has 0 unspecified atom stereocenters. The van der Waals surface area contributed by atoms with Gasteiger partial charge >= 0.3 is 6.18 Å². The number of carbonyl (C=O) groups excluding carboxylic acids is 1. The minimum absolute atomic E-state index is 0.182. The number of hydrogen-bond donors (Lipinski definition) is 1. The number of aromatic nitrogens is 2.